The zero-order chi connectivity index (χ0) is 15.2. The van der Waals surface area contributed by atoms with E-state index in [1.165, 1.54) is 6.20 Å². The Hall–Kier alpha value is -1.99. The summed E-state index contributed by atoms with van der Waals surface area (Å²) in [5.74, 6) is -3.90. The molecule has 1 aromatic carbocycles. The van der Waals surface area contributed by atoms with E-state index in [1.54, 1.807) is 13.2 Å². The SMILES string of the molecule is COCCNCc1ccnc(-c2cc(F)c(F)c(F)c2)n1. The molecule has 21 heavy (non-hydrogen) atoms. The van der Waals surface area contributed by atoms with Gasteiger partial charge in [-0.2, -0.15) is 0 Å². The fourth-order valence-corrected chi connectivity index (χ4v) is 1.71. The number of aromatic nitrogens is 2. The molecule has 1 N–H and O–H groups in total. The first kappa shape index (κ1) is 15.4. The van der Waals surface area contributed by atoms with Crippen molar-refractivity contribution in [3.05, 3.63) is 47.5 Å². The second kappa shape index (κ2) is 7.14. The minimum absolute atomic E-state index is 0.0881. The van der Waals surface area contributed by atoms with E-state index in [-0.39, 0.29) is 11.4 Å². The smallest absolute Gasteiger partial charge is 0.194 e. The third-order valence-electron chi connectivity index (χ3n) is 2.74. The maximum Gasteiger partial charge on any atom is 0.194 e. The first-order chi connectivity index (χ1) is 10.1. The van der Waals surface area contributed by atoms with Crippen LogP contribution in [0.4, 0.5) is 13.2 Å². The van der Waals surface area contributed by atoms with Gasteiger partial charge in [-0.3, -0.25) is 0 Å². The zero-order valence-corrected chi connectivity index (χ0v) is 11.4. The lowest BCUT2D eigenvalue weighted by atomic mass is 10.2. The topological polar surface area (TPSA) is 47.0 Å². The summed E-state index contributed by atoms with van der Waals surface area (Å²) in [6.07, 6.45) is 1.48. The summed E-state index contributed by atoms with van der Waals surface area (Å²) in [6.45, 7) is 1.67. The molecule has 0 saturated heterocycles. The Balaban J connectivity index is 2.17. The molecule has 0 bridgehead atoms. The molecule has 2 rings (SSSR count). The third-order valence-corrected chi connectivity index (χ3v) is 2.74. The van der Waals surface area contributed by atoms with Gasteiger partial charge in [-0.25, -0.2) is 23.1 Å². The van der Waals surface area contributed by atoms with E-state index < -0.39 is 17.5 Å². The Kier molecular flexibility index (Phi) is 5.24. The summed E-state index contributed by atoms with van der Waals surface area (Å²) in [6, 6.07) is 3.42. The third kappa shape index (κ3) is 3.99. The molecule has 0 spiro atoms. The molecule has 0 unspecified atom stereocenters. The predicted molar refractivity (Wildman–Crippen MR) is 70.9 cm³/mol. The highest BCUT2D eigenvalue weighted by atomic mass is 19.2. The van der Waals surface area contributed by atoms with Crippen LogP contribution < -0.4 is 5.32 Å². The van der Waals surface area contributed by atoms with Crippen molar-refractivity contribution in [2.24, 2.45) is 0 Å². The van der Waals surface area contributed by atoms with Crippen LogP contribution in [0.5, 0.6) is 0 Å². The standard InChI is InChI=1S/C14H14F3N3O/c1-21-5-4-18-8-10-2-3-19-14(20-10)9-6-11(15)13(17)12(16)7-9/h2-3,6-7,18H,4-5,8H2,1H3. The monoisotopic (exact) mass is 297 g/mol. The van der Waals surface area contributed by atoms with Crippen LogP contribution in [0, 0.1) is 17.5 Å². The number of ether oxygens (including phenoxy) is 1. The van der Waals surface area contributed by atoms with Gasteiger partial charge in [0.2, 0.25) is 0 Å². The van der Waals surface area contributed by atoms with Crippen molar-refractivity contribution in [3.63, 3.8) is 0 Å². The lowest BCUT2D eigenvalue weighted by Gasteiger charge is -2.06. The van der Waals surface area contributed by atoms with Crippen LogP contribution in [0.25, 0.3) is 11.4 Å². The molecular weight excluding hydrogens is 283 g/mol. The summed E-state index contributed by atoms with van der Waals surface area (Å²) >= 11 is 0. The van der Waals surface area contributed by atoms with Crippen molar-refractivity contribution in [1.82, 2.24) is 15.3 Å². The van der Waals surface area contributed by atoms with Crippen LogP contribution in [-0.4, -0.2) is 30.2 Å². The molecule has 0 aliphatic carbocycles. The highest BCUT2D eigenvalue weighted by Gasteiger charge is 2.13. The van der Waals surface area contributed by atoms with Crippen molar-refractivity contribution in [2.45, 2.75) is 6.54 Å². The molecule has 2 aromatic rings. The minimum atomic E-state index is -1.50. The minimum Gasteiger partial charge on any atom is -0.383 e. The quantitative estimate of drug-likeness (QED) is 0.656. The number of nitrogens with one attached hydrogen (secondary N) is 1. The Morgan fingerprint density at radius 3 is 2.57 bits per heavy atom. The summed E-state index contributed by atoms with van der Waals surface area (Å²) < 4.78 is 44.3. The van der Waals surface area contributed by atoms with Crippen LogP contribution in [0.1, 0.15) is 5.69 Å². The van der Waals surface area contributed by atoms with E-state index in [0.29, 0.717) is 25.4 Å². The van der Waals surface area contributed by atoms with Gasteiger partial charge < -0.3 is 10.1 Å². The first-order valence-corrected chi connectivity index (χ1v) is 6.28. The van der Waals surface area contributed by atoms with Crippen molar-refractivity contribution in [1.29, 1.82) is 0 Å². The van der Waals surface area contributed by atoms with E-state index in [2.05, 4.69) is 15.3 Å². The van der Waals surface area contributed by atoms with Gasteiger partial charge in [-0.15, -0.1) is 0 Å². The molecule has 4 nitrogen and oxygen atoms in total. The molecule has 0 radical (unpaired) electrons. The first-order valence-electron chi connectivity index (χ1n) is 6.28. The number of halogens is 3. The maximum absolute atomic E-state index is 13.2. The predicted octanol–water partition coefficient (Wildman–Crippen LogP) is 2.30. The largest absolute Gasteiger partial charge is 0.383 e. The van der Waals surface area contributed by atoms with Crippen LogP contribution in [0.15, 0.2) is 24.4 Å². The van der Waals surface area contributed by atoms with E-state index in [4.69, 9.17) is 4.74 Å². The normalized spacial score (nSPS) is 10.9. The molecule has 1 heterocycles. The lowest BCUT2D eigenvalue weighted by Crippen LogP contribution is -2.19. The fraction of sp³-hybridized carbons (Fsp3) is 0.286. The second-order valence-electron chi connectivity index (χ2n) is 4.30. The van der Waals surface area contributed by atoms with E-state index >= 15 is 0 Å². The summed E-state index contributed by atoms with van der Waals surface area (Å²) in [4.78, 5) is 8.13. The van der Waals surface area contributed by atoms with Crippen LogP contribution >= 0.6 is 0 Å². The lowest BCUT2D eigenvalue weighted by molar-refractivity contribution is 0.199. The molecule has 0 aliphatic heterocycles. The molecule has 1 aromatic heterocycles. The maximum atomic E-state index is 13.2. The Morgan fingerprint density at radius 2 is 1.90 bits per heavy atom. The van der Waals surface area contributed by atoms with Crippen molar-refractivity contribution >= 4 is 0 Å². The summed E-state index contributed by atoms with van der Waals surface area (Å²) in [5.41, 5.74) is 0.742. The van der Waals surface area contributed by atoms with Gasteiger partial charge >= 0.3 is 0 Å². The Labute approximate surface area is 120 Å². The second-order valence-corrected chi connectivity index (χ2v) is 4.30. The van der Waals surface area contributed by atoms with Crippen LogP contribution in [-0.2, 0) is 11.3 Å². The number of hydrogen-bond donors (Lipinski definition) is 1. The molecule has 0 aliphatic rings. The fourth-order valence-electron chi connectivity index (χ4n) is 1.71. The molecule has 0 amide bonds. The molecule has 112 valence electrons. The molecule has 7 heteroatoms. The van der Waals surface area contributed by atoms with E-state index in [9.17, 15) is 13.2 Å². The number of benzene rings is 1. The molecule has 0 atom stereocenters. The highest BCUT2D eigenvalue weighted by molar-refractivity contribution is 5.55. The summed E-state index contributed by atoms with van der Waals surface area (Å²) in [5, 5.41) is 3.09. The average molecular weight is 297 g/mol. The Morgan fingerprint density at radius 1 is 1.19 bits per heavy atom. The van der Waals surface area contributed by atoms with Gasteiger partial charge in [0, 0.05) is 32.0 Å². The molecular formula is C14H14F3N3O. The number of nitrogens with zero attached hydrogens (tertiary/aromatic N) is 2. The molecule has 0 fully saturated rings. The zero-order valence-electron chi connectivity index (χ0n) is 11.4. The van der Waals surface area contributed by atoms with Crippen LogP contribution in [0.3, 0.4) is 0 Å². The summed E-state index contributed by atoms with van der Waals surface area (Å²) in [7, 11) is 1.60. The molecule has 0 saturated carbocycles. The van der Waals surface area contributed by atoms with Crippen molar-refractivity contribution in [2.75, 3.05) is 20.3 Å². The van der Waals surface area contributed by atoms with E-state index in [1.807, 2.05) is 0 Å². The van der Waals surface area contributed by atoms with Gasteiger partial charge in [0.15, 0.2) is 23.3 Å². The highest BCUT2D eigenvalue weighted by Crippen LogP contribution is 2.20. The number of methoxy groups -OCH3 is 1. The van der Waals surface area contributed by atoms with Crippen molar-refractivity contribution < 1.29 is 17.9 Å². The van der Waals surface area contributed by atoms with Gasteiger partial charge in [0.05, 0.1) is 12.3 Å². The van der Waals surface area contributed by atoms with E-state index in [0.717, 1.165) is 12.1 Å². The van der Waals surface area contributed by atoms with Crippen LogP contribution in [0.2, 0.25) is 0 Å². The van der Waals surface area contributed by atoms with Crippen molar-refractivity contribution in [3.8, 4) is 11.4 Å². The van der Waals surface area contributed by atoms with Gasteiger partial charge in [-0.1, -0.05) is 0 Å². The number of hydrogen-bond acceptors (Lipinski definition) is 4. The number of rotatable bonds is 6. The average Bonchev–Trinajstić information content (AvgIpc) is 2.49. The van der Waals surface area contributed by atoms with Gasteiger partial charge in [0.25, 0.3) is 0 Å². The van der Waals surface area contributed by atoms with Gasteiger partial charge in [0.1, 0.15) is 0 Å². The Bertz CT molecular complexity index is 599. The van der Waals surface area contributed by atoms with Gasteiger partial charge in [-0.05, 0) is 18.2 Å².